The maximum atomic E-state index is 12.3. The van der Waals surface area contributed by atoms with Gasteiger partial charge in [-0.25, -0.2) is 4.79 Å². The molecule has 1 atom stereocenters. The first-order valence-corrected chi connectivity index (χ1v) is 6.42. The van der Waals surface area contributed by atoms with Gasteiger partial charge in [-0.1, -0.05) is 0 Å². The van der Waals surface area contributed by atoms with Crippen LogP contribution in [0.4, 0.5) is 4.79 Å². The highest BCUT2D eigenvalue weighted by atomic mass is 16.5. The molecule has 6 nitrogen and oxygen atoms in total. The highest BCUT2D eigenvalue weighted by Crippen LogP contribution is 2.28. The molecule has 1 saturated heterocycles. The van der Waals surface area contributed by atoms with E-state index in [2.05, 4.69) is 0 Å². The van der Waals surface area contributed by atoms with E-state index in [1.165, 1.54) is 0 Å². The fourth-order valence-electron chi connectivity index (χ4n) is 2.31. The molecule has 1 saturated carbocycles. The fraction of sp³-hybridized carbons (Fsp3) is 0.833. The van der Waals surface area contributed by atoms with Crippen molar-refractivity contribution < 1.29 is 19.4 Å². The second-order valence-corrected chi connectivity index (χ2v) is 4.94. The number of carboxylic acids is 1. The van der Waals surface area contributed by atoms with Crippen molar-refractivity contribution in [1.82, 2.24) is 9.80 Å². The third-order valence-corrected chi connectivity index (χ3v) is 3.55. The number of likely N-dealkylation sites (tertiary alicyclic amines) is 1. The summed E-state index contributed by atoms with van der Waals surface area (Å²) < 4.78 is 5.24. The number of methoxy groups -OCH3 is 1. The zero-order valence-corrected chi connectivity index (χ0v) is 10.7. The lowest BCUT2D eigenvalue weighted by Crippen LogP contribution is -2.44. The van der Waals surface area contributed by atoms with E-state index in [0.29, 0.717) is 19.6 Å². The van der Waals surface area contributed by atoms with Crippen LogP contribution in [-0.2, 0) is 9.53 Å². The molecule has 2 rings (SSSR count). The molecule has 0 aromatic heterocycles. The lowest BCUT2D eigenvalue weighted by atomic mass is 10.3. The number of ether oxygens (including phenoxy) is 1. The van der Waals surface area contributed by atoms with Crippen molar-refractivity contribution in [2.24, 2.45) is 0 Å². The lowest BCUT2D eigenvalue weighted by molar-refractivity contribution is -0.137. The minimum absolute atomic E-state index is 0.0176. The molecule has 0 spiro atoms. The van der Waals surface area contributed by atoms with Gasteiger partial charge in [-0.05, 0) is 19.3 Å². The van der Waals surface area contributed by atoms with Gasteiger partial charge in [0.25, 0.3) is 0 Å². The van der Waals surface area contributed by atoms with E-state index in [-0.39, 0.29) is 24.6 Å². The number of carboxylic acid groups (broad SMARTS) is 1. The van der Waals surface area contributed by atoms with E-state index in [1.807, 2.05) is 0 Å². The predicted octanol–water partition coefficient (Wildman–Crippen LogP) is 0.766. The van der Waals surface area contributed by atoms with Crippen LogP contribution in [0.1, 0.15) is 25.7 Å². The Kier molecular flexibility index (Phi) is 4.06. The zero-order valence-electron chi connectivity index (χ0n) is 10.7. The Hall–Kier alpha value is -1.30. The molecule has 102 valence electrons. The van der Waals surface area contributed by atoms with Crippen LogP contribution in [0.5, 0.6) is 0 Å². The monoisotopic (exact) mass is 256 g/mol. The molecule has 0 aromatic rings. The Morgan fingerprint density at radius 3 is 2.61 bits per heavy atom. The first kappa shape index (κ1) is 13.1. The normalized spacial score (nSPS) is 23.2. The molecule has 1 heterocycles. The highest BCUT2D eigenvalue weighted by molar-refractivity contribution is 5.76. The molecule has 1 unspecified atom stereocenters. The second-order valence-electron chi connectivity index (χ2n) is 4.94. The number of rotatable bonds is 5. The Balaban J connectivity index is 1.89. The molecule has 1 aliphatic carbocycles. The van der Waals surface area contributed by atoms with E-state index in [1.54, 1.807) is 16.9 Å². The summed E-state index contributed by atoms with van der Waals surface area (Å²) in [5.41, 5.74) is 0. The molecule has 0 radical (unpaired) electrons. The third kappa shape index (κ3) is 3.13. The van der Waals surface area contributed by atoms with Gasteiger partial charge in [0.1, 0.15) is 0 Å². The third-order valence-electron chi connectivity index (χ3n) is 3.55. The molecule has 0 bridgehead atoms. The second kappa shape index (κ2) is 5.56. The molecule has 0 aromatic carbocycles. The molecule has 1 aliphatic heterocycles. The summed E-state index contributed by atoms with van der Waals surface area (Å²) in [7, 11) is 1.65. The SMILES string of the molecule is COC1CCN(C(=O)N(CCC(=O)O)C2CC2)C1. The Morgan fingerprint density at radius 2 is 2.11 bits per heavy atom. The molecular formula is C12H20N2O4. The lowest BCUT2D eigenvalue weighted by Gasteiger charge is -2.27. The molecule has 6 heteroatoms. The minimum Gasteiger partial charge on any atom is -0.481 e. The summed E-state index contributed by atoms with van der Waals surface area (Å²) >= 11 is 0. The van der Waals surface area contributed by atoms with Crippen molar-refractivity contribution in [3.05, 3.63) is 0 Å². The van der Waals surface area contributed by atoms with Crippen LogP contribution in [-0.4, -0.2) is 65.8 Å². The van der Waals surface area contributed by atoms with Gasteiger partial charge >= 0.3 is 12.0 Å². The van der Waals surface area contributed by atoms with Crippen LogP contribution >= 0.6 is 0 Å². The fourth-order valence-corrected chi connectivity index (χ4v) is 2.31. The van der Waals surface area contributed by atoms with Crippen LogP contribution in [0, 0.1) is 0 Å². The molecular weight excluding hydrogens is 236 g/mol. The summed E-state index contributed by atoms with van der Waals surface area (Å²) in [6.07, 6.45) is 2.98. The smallest absolute Gasteiger partial charge is 0.320 e. The summed E-state index contributed by atoms with van der Waals surface area (Å²) in [4.78, 5) is 26.4. The number of nitrogens with zero attached hydrogens (tertiary/aromatic N) is 2. The predicted molar refractivity (Wildman–Crippen MR) is 64.4 cm³/mol. The minimum atomic E-state index is -0.857. The molecule has 18 heavy (non-hydrogen) atoms. The summed E-state index contributed by atoms with van der Waals surface area (Å²) in [6, 6.07) is 0.219. The zero-order chi connectivity index (χ0) is 13.1. The topological polar surface area (TPSA) is 70.1 Å². The van der Waals surface area contributed by atoms with Crippen molar-refractivity contribution in [1.29, 1.82) is 0 Å². The highest BCUT2D eigenvalue weighted by Gasteiger charge is 2.37. The van der Waals surface area contributed by atoms with E-state index in [4.69, 9.17) is 9.84 Å². The van der Waals surface area contributed by atoms with Gasteiger partial charge in [0, 0.05) is 32.8 Å². The van der Waals surface area contributed by atoms with Crippen LogP contribution < -0.4 is 0 Å². The van der Waals surface area contributed by atoms with Crippen molar-refractivity contribution in [3.63, 3.8) is 0 Å². The molecule has 2 aliphatic rings. The van der Waals surface area contributed by atoms with Gasteiger partial charge in [0.05, 0.1) is 12.5 Å². The number of hydrogen-bond acceptors (Lipinski definition) is 3. The van der Waals surface area contributed by atoms with Gasteiger partial charge in [0.2, 0.25) is 0 Å². The van der Waals surface area contributed by atoms with Crippen molar-refractivity contribution in [3.8, 4) is 0 Å². The first-order valence-electron chi connectivity index (χ1n) is 6.42. The first-order chi connectivity index (χ1) is 8.61. The van der Waals surface area contributed by atoms with Crippen molar-refractivity contribution in [2.75, 3.05) is 26.7 Å². The number of aliphatic carboxylic acids is 1. The van der Waals surface area contributed by atoms with E-state index < -0.39 is 5.97 Å². The summed E-state index contributed by atoms with van der Waals surface area (Å²) in [6.45, 7) is 1.63. The number of carbonyl (C=O) groups excluding carboxylic acids is 1. The van der Waals surface area contributed by atoms with Gasteiger partial charge in [-0.2, -0.15) is 0 Å². The Bertz CT molecular complexity index is 330. The standard InChI is InChI=1S/C12H20N2O4/c1-18-10-4-6-13(8-10)12(17)14(9-2-3-9)7-5-11(15)16/h9-10H,2-8H2,1H3,(H,15,16). The summed E-state index contributed by atoms with van der Waals surface area (Å²) in [5.74, 6) is -0.857. The van der Waals surface area contributed by atoms with E-state index >= 15 is 0 Å². The van der Waals surface area contributed by atoms with Crippen molar-refractivity contribution in [2.45, 2.75) is 37.8 Å². The number of urea groups is 1. The van der Waals surface area contributed by atoms with Crippen molar-refractivity contribution >= 4 is 12.0 Å². The van der Waals surface area contributed by atoms with Gasteiger partial charge in [-0.15, -0.1) is 0 Å². The maximum absolute atomic E-state index is 12.3. The average Bonchev–Trinajstić information content (AvgIpc) is 3.06. The molecule has 2 fully saturated rings. The van der Waals surface area contributed by atoms with Crippen LogP contribution in [0.15, 0.2) is 0 Å². The largest absolute Gasteiger partial charge is 0.481 e. The quantitative estimate of drug-likeness (QED) is 0.788. The number of carbonyl (C=O) groups is 2. The average molecular weight is 256 g/mol. The van der Waals surface area contributed by atoms with Gasteiger partial charge in [-0.3, -0.25) is 4.79 Å². The van der Waals surface area contributed by atoms with E-state index in [9.17, 15) is 9.59 Å². The van der Waals surface area contributed by atoms with Crippen LogP contribution in [0.3, 0.4) is 0 Å². The van der Waals surface area contributed by atoms with E-state index in [0.717, 1.165) is 19.3 Å². The Morgan fingerprint density at radius 1 is 1.39 bits per heavy atom. The number of amides is 2. The molecule has 2 amide bonds. The Labute approximate surface area is 106 Å². The summed E-state index contributed by atoms with van der Waals surface area (Å²) in [5, 5.41) is 8.72. The van der Waals surface area contributed by atoms with Gasteiger partial charge < -0.3 is 19.6 Å². The molecule has 1 N–H and O–H groups in total. The van der Waals surface area contributed by atoms with Crippen LogP contribution in [0.25, 0.3) is 0 Å². The van der Waals surface area contributed by atoms with Gasteiger partial charge in [0.15, 0.2) is 0 Å². The van der Waals surface area contributed by atoms with Crippen LogP contribution in [0.2, 0.25) is 0 Å². The maximum Gasteiger partial charge on any atom is 0.320 e. The number of hydrogen-bond donors (Lipinski definition) is 1.